The molecule has 33 heavy (non-hydrogen) atoms. The Bertz CT molecular complexity index is 932. The van der Waals surface area contributed by atoms with E-state index in [9.17, 15) is 9.90 Å². The number of aryl methyl sites for hydroxylation is 1. The zero-order valence-electron chi connectivity index (χ0n) is 19.1. The van der Waals surface area contributed by atoms with E-state index in [0.29, 0.717) is 38.7 Å². The van der Waals surface area contributed by atoms with Crippen molar-refractivity contribution in [2.75, 3.05) is 32.8 Å². The number of phenolic OH excluding ortho intramolecular Hbond substituents is 1. The number of guanidine groups is 1. The minimum Gasteiger partial charge on any atom is -0.507 e. The molecule has 0 radical (unpaired) electrons. The molecule has 0 aromatic heterocycles. The predicted molar refractivity (Wildman–Crippen MR) is 140 cm³/mol. The number of nitrogens with one attached hydrogen (secondary N) is 3. The third-order valence-corrected chi connectivity index (χ3v) is 5.01. The van der Waals surface area contributed by atoms with E-state index >= 15 is 0 Å². The smallest absolute Gasteiger partial charge is 0.255 e. The van der Waals surface area contributed by atoms with Crippen LogP contribution in [0.4, 0.5) is 0 Å². The molecule has 9 heteroatoms. The molecule has 1 unspecified atom stereocenters. The Balaban J connectivity index is 0.00000385. The number of nitrogens with zero attached hydrogens (tertiary/aromatic N) is 1. The normalized spacial score (nSPS) is 15.5. The number of amides is 1. The SMILES string of the molecule is CCNC(=NCc1ccc(C)cc1OC1CCOC1)NCCNC(=O)c1ccccc1O.I. The first kappa shape index (κ1) is 26.7. The van der Waals surface area contributed by atoms with Gasteiger partial charge in [-0.1, -0.05) is 24.3 Å². The summed E-state index contributed by atoms with van der Waals surface area (Å²) in [5, 5.41) is 19.0. The quantitative estimate of drug-likeness (QED) is 0.161. The summed E-state index contributed by atoms with van der Waals surface area (Å²) in [4.78, 5) is 16.9. The summed E-state index contributed by atoms with van der Waals surface area (Å²) in [6.07, 6.45) is 0.978. The topological polar surface area (TPSA) is 104 Å². The largest absolute Gasteiger partial charge is 0.507 e. The fourth-order valence-corrected chi connectivity index (χ4v) is 3.31. The highest BCUT2D eigenvalue weighted by Gasteiger charge is 2.18. The molecular weight excluding hydrogens is 535 g/mol. The minimum absolute atomic E-state index is 0. The van der Waals surface area contributed by atoms with Crippen LogP contribution in [0.25, 0.3) is 0 Å². The molecule has 4 N–H and O–H groups in total. The first-order valence-corrected chi connectivity index (χ1v) is 11.0. The second kappa shape index (κ2) is 13.9. The van der Waals surface area contributed by atoms with E-state index in [1.54, 1.807) is 18.2 Å². The highest BCUT2D eigenvalue weighted by atomic mass is 127. The summed E-state index contributed by atoms with van der Waals surface area (Å²) in [7, 11) is 0. The number of carbonyl (C=O) groups excluding carboxylic acids is 1. The number of hydrogen-bond donors (Lipinski definition) is 4. The van der Waals surface area contributed by atoms with Crippen LogP contribution in [0, 0.1) is 6.92 Å². The second-order valence-corrected chi connectivity index (χ2v) is 7.61. The number of aromatic hydroxyl groups is 1. The Labute approximate surface area is 212 Å². The standard InChI is InChI=1S/C24H32N4O4.HI/c1-3-25-24(27-12-11-26-23(30)20-6-4-5-7-21(20)29)28-15-18-9-8-17(2)14-22(18)32-19-10-13-31-16-19;/h4-9,14,19,29H,3,10-13,15-16H2,1-2H3,(H,26,30)(H2,25,27,28);1H. The lowest BCUT2D eigenvalue weighted by atomic mass is 10.1. The Morgan fingerprint density at radius 3 is 2.70 bits per heavy atom. The van der Waals surface area contributed by atoms with Gasteiger partial charge in [-0.05, 0) is 37.6 Å². The van der Waals surface area contributed by atoms with Gasteiger partial charge in [-0.15, -0.1) is 24.0 Å². The molecular formula is C24H33IN4O4. The number of halogens is 1. The van der Waals surface area contributed by atoms with Crippen LogP contribution >= 0.6 is 24.0 Å². The van der Waals surface area contributed by atoms with Crippen molar-refractivity contribution in [1.82, 2.24) is 16.0 Å². The predicted octanol–water partition coefficient (Wildman–Crippen LogP) is 2.97. The van der Waals surface area contributed by atoms with Gasteiger partial charge in [0.1, 0.15) is 17.6 Å². The molecule has 1 aliphatic rings. The Morgan fingerprint density at radius 1 is 1.18 bits per heavy atom. The van der Waals surface area contributed by atoms with Crippen molar-refractivity contribution >= 4 is 35.8 Å². The van der Waals surface area contributed by atoms with Gasteiger partial charge in [0.25, 0.3) is 5.91 Å². The molecule has 2 aromatic carbocycles. The molecule has 1 saturated heterocycles. The van der Waals surface area contributed by atoms with Crippen LogP contribution in [0.2, 0.25) is 0 Å². The third-order valence-electron chi connectivity index (χ3n) is 5.01. The fourth-order valence-electron chi connectivity index (χ4n) is 3.31. The minimum atomic E-state index is -0.316. The molecule has 1 heterocycles. The Kier molecular flexibility index (Phi) is 11.2. The number of hydrogen-bond acceptors (Lipinski definition) is 5. The number of carbonyl (C=O) groups is 1. The molecule has 1 atom stereocenters. The summed E-state index contributed by atoms with van der Waals surface area (Å²) >= 11 is 0. The van der Waals surface area contributed by atoms with Gasteiger partial charge in [-0.2, -0.15) is 0 Å². The van der Waals surface area contributed by atoms with Gasteiger partial charge in [0.15, 0.2) is 5.96 Å². The molecule has 0 bridgehead atoms. The van der Waals surface area contributed by atoms with Crippen molar-refractivity contribution in [2.45, 2.75) is 32.9 Å². The lowest BCUT2D eigenvalue weighted by molar-refractivity contribution is 0.0951. The van der Waals surface area contributed by atoms with Crippen LogP contribution in [0.5, 0.6) is 11.5 Å². The molecule has 0 aliphatic carbocycles. The first-order chi connectivity index (χ1) is 15.6. The molecule has 2 aromatic rings. The molecule has 1 aliphatic heterocycles. The van der Waals surface area contributed by atoms with Crippen molar-refractivity contribution in [1.29, 1.82) is 0 Å². The van der Waals surface area contributed by atoms with E-state index in [1.165, 1.54) is 6.07 Å². The summed E-state index contributed by atoms with van der Waals surface area (Å²) in [5.41, 5.74) is 2.40. The van der Waals surface area contributed by atoms with Crippen LogP contribution in [0.1, 0.15) is 34.8 Å². The summed E-state index contributed by atoms with van der Waals surface area (Å²) in [5.74, 6) is 1.15. The van der Waals surface area contributed by atoms with E-state index < -0.39 is 0 Å². The summed E-state index contributed by atoms with van der Waals surface area (Å²) < 4.78 is 11.6. The maximum absolute atomic E-state index is 12.2. The average molecular weight is 568 g/mol. The first-order valence-electron chi connectivity index (χ1n) is 11.0. The highest BCUT2D eigenvalue weighted by Crippen LogP contribution is 2.24. The van der Waals surface area contributed by atoms with Gasteiger partial charge in [-0.3, -0.25) is 4.79 Å². The molecule has 3 rings (SSSR count). The maximum atomic E-state index is 12.2. The van der Waals surface area contributed by atoms with Gasteiger partial charge in [-0.25, -0.2) is 4.99 Å². The second-order valence-electron chi connectivity index (χ2n) is 7.61. The van der Waals surface area contributed by atoms with E-state index in [0.717, 1.165) is 29.9 Å². The van der Waals surface area contributed by atoms with Crippen molar-refractivity contribution < 1.29 is 19.4 Å². The number of rotatable bonds is 9. The molecule has 1 amide bonds. The molecule has 0 spiro atoms. The van der Waals surface area contributed by atoms with Gasteiger partial charge < -0.3 is 30.5 Å². The van der Waals surface area contributed by atoms with Crippen LogP contribution in [-0.2, 0) is 11.3 Å². The molecule has 0 saturated carbocycles. The van der Waals surface area contributed by atoms with Crippen LogP contribution in [0.3, 0.4) is 0 Å². The van der Waals surface area contributed by atoms with Crippen molar-refractivity contribution in [3.05, 3.63) is 59.2 Å². The van der Waals surface area contributed by atoms with Gasteiger partial charge in [0, 0.05) is 31.6 Å². The number of aliphatic imine (C=N–C) groups is 1. The zero-order valence-corrected chi connectivity index (χ0v) is 21.4. The van der Waals surface area contributed by atoms with Gasteiger partial charge in [0.05, 0.1) is 25.3 Å². The highest BCUT2D eigenvalue weighted by molar-refractivity contribution is 14.0. The number of phenols is 1. The Morgan fingerprint density at radius 2 is 1.97 bits per heavy atom. The van der Waals surface area contributed by atoms with E-state index in [1.807, 2.05) is 26.0 Å². The Hall–Kier alpha value is -2.53. The van der Waals surface area contributed by atoms with Crippen molar-refractivity contribution in [2.24, 2.45) is 4.99 Å². The molecule has 8 nitrogen and oxygen atoms in total. The lowest BCUT2D eigenvalue weighted by Crippen LogP contribution is -2.41. The van der Waals surface area contributed by atoms with Gasteiger partial charge >= 0.3 is 0 Å². The van der Waals surface area contributed by atoms with Crippen molar-refractivity contribution in [3.63, 3.8) is 0 Å². The van der Waals surface area contributed by atoms with Crippen LogP contribution < -0.4 is 20.7 Å². The van der Waals surface area contributed by atoms with Gasteiger partial charge in [0.2, 0.25) is 0 Å². The maximum Gasteiger partial charge on any atom is 0.255 e. The molecule has 1 fully saturated rings. The summed E-state index contributed by atoms with van der Waals surface area (Å²) in [6.45, 7) is 7.44. The van der Waals surface area contributed by atoms with E-state index in [2.05, 4.69) is 27.0 Å². The lowest BCUT2D eigenvalue weighted by Gasteiger charge is -2.16. The fraction of sp³-hybridized carbons (Fsp3) is 0.417. The van der Waals surface area contributed by atoms with Crippen LogP contribution in [0.15, 0.2) is 47.5 Å². The zero-order chi connectivity index (χ0) is 22.8. The van der Waals surface area contributed by atoms with Crippen molar-refractivity contribution in [3.8, 4) is 11.5 Å². The number of para-hydroxylation sites is 1. The number of benzene rings is 2. The average Bonchev–Trinajstić information content (AvgIpc) is 3.29. The molecule has 180 valence electrons. The third kappa shape index (κ3) is 8.39. The van der Waals surface area contributed by atoms with E-state index in [-0.39, 0.29) is 47.3 Å². The van der Waals surface area contributed by atoms with Crippen LogP contribution in [-0.4, -0.2) is 55.9 Å². The monoisotopic (exact) mass is 568 g/mol. The number of ether oxygens (including phenoxy) is 2. The van der Waals surface area contributed by atoms with E-state index in [4.69, 9.17) is 9.47 Å². The summed E-state index contributed by atoms with van der Waals surface area (Å²) in [6, 6.07) is 12.6.